The average Bonchev–Trinajstić information content (AvgIpc) is 2.24. The van der Waals surface area contributed by atoms with Gasteiger partial charge < -0.3 is 11.1 Å². The number of sulfonamides is 1. The van der Waals surface area contributed by atoms with Crippen LogP contribution in [-0.4, -0.2) is 34.4 Å². The number of hydrogen-bond donors (Lipinski definition) is 3. The summed E-state index contributed by atoms with van der Waals surface area (Å²) in [5.74, 6) is 0. The van der Waals surface area contributed by atoms with Crippen LogP contribution in [0.25, 0.3) is 0 Å². The molecule has 1 aromatic carbocycles. The van der Waals surface area contributed by atoms with E-state index in [4.69, 9.17) is 10.9 Å². The maximum absolute atomic E-state index is 11.6. The highest BCUT2D eigenvalue weighted by Crippen LogP contribution is 2.27. The zero-order valence-corrected chi connectivity index (χ0v) is 13.2. The summed E-state index contributed by atoms with van der Waals surface area (Å²) < 4.78 is 44.9. The molecule has 0 fully saturated rings. The Morgan fingerprint density at radius 3 is 2.20 bits per heavy atom. The zero-order chi connectivity index (χ0) is 15.8. The van der Waals surface area contributed by atoms with Gasteiger partial charge in [0.25, 0.3) is 0 Å². The predicted molar refractivity (Wildman–Crippen MR) is 79.6 cm³/mol. The Balaban J connectivity index is 3.08. The topological polar surface area (TPSA) is 132 Å². The first-order valence-electron chi connectivity index (χ1n) is 5.71. The molecule has 0 atom stereocenters. The minimum absolute atomic E-state index is 0.0284. The van der Waals surface area contributed by atoms with Crippen LogP contribution in [0.2, 0.25) is 0 Å². The Labute approximate surface area is 119 Å². The number of sulfone groups is 1. The number of hydrogen-bond acceptors (Lipinski definition) is 6. The highest BCUT2D eigenvalue weighted by molar-refractivity contribution is 7.92. The molecule has 1 rings (SSSR count). The van der Waals surface area contributed by atoms with Crippen LogP contribution in [0.1, 0.15) is 13.8 Å². The Hall–Kier alpha value is -1.32. The first kappa shape index (κ1) is 16.7. The van der Waals surface area contributed by atoms with Crippen molar-refractivity contribution in [2.45, 2.75) is 23.5 Å². The van der Waals surface area contributed by atoms with Crippen LogP contribution in [0.3, 0.4) is 0 Å². The molecule has 0 aliphatic rings. The van der Waals surface area contributed by atoms with Gasteiger partial charge in [-0.25, -0.2) is 22.0 Å². The van der Waals surface area contributed by atoms with E-state index in [9.17, 15) is 16.8 Å². The number of primary sulfonamides is 1. The molecule has 20 heavy (non-hydrogen) atoms. The monoisotopic (exact) mass is 321 g/mol. The SMILES string of the molecule is CC(C)(CNc1cccc(S(N)(=O)=O)c1N)S(C)(=O)=O. The maximum atomic E-state index is 11.6. The van der Waals surface area contributed by atoms with Crippen molar-refractivity contribution >= 4 is 31.2 Å². The van der Waals surface area contributed by atoms with E-state index in [1.807, 2.05) is 0 Å². The van der Waals surface area contributed by atoms with Gasteiger partial charge in [-0.1, -0.05) is 6.07 Å². The van der Waals surface area contributed by atoms with Crippen LogP contribution in [0.15, 0.2) is 23.1 Å². The standard InChI is InChI=1S/C11H19N3O4S2/c1-11(2,19(3,15)16)7-14-8-5-4-6-9(10(8)12)20(13,17)18/h4-6,14H,7,12H2,1-3H3,(H2,13,17,18). The lowest BCUT2D eigenvalue weighted by atomic mass is 10.2. The van der Waals surface area contributed by atoms with Gasteiger partial charge in [-0.2, -0.15) is 0 Å². The van der Waals surface area contributed by atoms with Gasteiger partial charge in [0.1, 0.15) is 4.90 Å². The van der Waals surface area contributed by atoms with Crippen LogP contribution in [0, 0.1) is 0 Å². The molecule has 114 valence electrons. The van der Waals surface area contributed by atoms with Gasteiger partial charge in [0, 0.05) is 12.8 Å². The van der Waals surface area contributed by atoms with E-state index in [0.29, 0.717) is 5.69 Å². The molecular weight excluding hydrogens is 302 g/mol. The van der Waals surface area contributed by atoms with Crippen molar-refractivity contribution in [1.29, 1.82) is 0 Å². The van der Waals surface area contributed by atoms with Crippen molar-refractivity contribution < 1.29 is 16.8 Å². The molecule has 0 heterocycles. The lowest BCUT2D eigenvalue weighted by molar-refractivity contribution is 0.560. The molecule has 0 aromatic heterocycles. The molecule has 5 N–H and O–H groups in total. The molecule has 0 saturated heterocycles. The lowest BCUT2D eigenvalue weighted by Crippen LogP contribution is -2.38. The van der Waals surface area contributed by atoms with E-state index in [1.165, 1.54) is 12.1 Å². The van der Waals surface area contributed by atoms with Crippen molar-refractivity contribution in [2.75, 3.05) is 23.9 Å². The second kappa shape index (κ2) is 5.23. The van der Waals surface area contributed by atoms with E-state index >= 15 is 0 Å². The third-order valence-electron chi connectivity index (χ3n) is 3.08. The van der Waals surface area contributed by atoms with Crippen molar-refractivity contribution in [3.05, 3.63) is 18.2 Å². The molecule has 1 aromatic rings. The molecule has 0 saturated carbocycles. The van der Waals surface area contributed by atoms with Gasteiger partial charge in [-0.3, -0.25) is 0 Å². The first-order valence-corrected chi connectivity index (χ1v) is 9.15. The molecule has 0 radical (unpaired) electrons. The van der Waals surface area contributed by atoms with Gasteiger partial charge in [-0.05, 0) is 26.0 Å². The highest BCUT2D eigenvalue weighted by atomic mass is 32.2. The second-order valence-corrected chi connectivity index (χ2v) is 9.33. The van der Waals surface area contributed by atoms with E-state index in [1.54, 1.807) is 19.9 Å². The van der Waals surface area contributed by atoms with E-state index in [2.05, 4.69) is 5.32 Å². The predicted octanol–water partition coefficient (Wildman–Crippen LogP) is 0.151. The number of nitrogens with two attached hydrogens (primary N) is 2. The summed E-state index contributed by atoms with van der Waals surface area (Å²) in [5, 5.41) is 7.89. The molecule has 0 unspecified atom stereocenters. The van der Waals surface area contributed by atoms with Crippen molar-refractivity contribution in [1.82, 2.24) is 0 Å². The smallest absolute Gasteiger partial charge is 0.240 e. The summed E-state index contributed by atoms with van der Waals surface area (Å²) in [6.45, 7) is 3.22. The van der Waals surface area contributed by atoms with Crippen LogP contribution in [-0.2, 0) is 19.9 Å². The molecule has 0 aliphatic carbocycles. The quantitative estimate of drug-likeness (QED) is 0.661. The second-order valence-electron chi connectivity index (χ2n) is 5.15. The highest BCUT2D eigenvalue weighted by Gasteiger charge is 2.30. The molecular formula is C11H19N3O4S2. The fourth-order valence-corrected chi connectivity index (χ4v) is 2.40. The Morgan fingerprint density at radius 2 is 1.75 bits per heavy atom. The summed E-state index contributed by atoms with van der Waals surface area (Å²) in [6, 6.07) is 4.33. The van der Waals surface area contributed by atoms with Gasteiger partial charge in [-0.15, -0.1) is 0 Å². The van der Waals surface area contributed by atoms with Crippen molar-refractivity contribution in [3.63, 3.8) is 0 Å². The maximum Gasteiger partial charge on any atom is 0.240 e. The van der Waals surface area contributed by atoms with Crippen LogP contribution in [0.4, 0.5) is 11.4 Å². The number of benzene rings is 1. The first-order chi connectivity index (χ1) is 8.86. The number of para-hydroxylation sites is 1. The van der Waals surface area contributed by atoms with Crippen molar-refractivity contribution in [3.8, 4) is 0 Å². The number of anilines is 2. The van der Waals surface area contributed by atoms with Gasteiger partial charge in [0.05, 0.1) is 16.1 Å². The largest absolute Gasteiger partial charge is 0.396 e. The third-order valence-corrected chi connectivity index (χ3v) is 6.20. The third kappa shape index (κ3) is 3.62. The van der Waals surface area contributed by atoms with Gasteiger partial charge in [0.2, 0.25) is 10.0 Å². The number of nitrogen functional groups attached to an aromatic ring is 1. The summed E-state index contributed by atoms with van der Waals surface area (Å²) in [6.07, 6.45) is 1.14. The van der Waals surface area contributed by atoms with E-state index in [0.717, 1.165) is 6.26 Å². The van der Waals surface area contributed by atoms with Crippen molar-refractivity contribution in [2.24, 2.45) is 5.14 Å². The number of rotatable bonds is 5. The van der Waals surface area contributed by atoms with E-state index in [-0.39, 0.29) is 17.1 Å². The molecule has 0 aliphatic heterocycles. The summed E-state index contributed by atoms with van der Waals surface area (Å²) >= 11 is 0. The Morgan fingerprint density at radius 1 is 1.20 bits per heavy atom. The Kier molecular flexibility index (Phi) is 4.37. The summed E-state index contributed by atoms with van der Waals surface area (Å²) in [4.78, 5) is -0.195. The number of nitrogens with one attached hydrogen (secondary N) is 1. The molecule has 0 bridgehead atoms. The molecule has 7 nitrogen and oxygen atoms in total. The normalized spacial score (nSPS) is 13.2. The van der Waals surface area contributed by atoms with Gasteiger partial charge >= 0.3 is 0 Å². The van der Waals surface area contributed by atoms with Crippen LogP contribution in [0.5, 0.6) is 0 Å². The minimum Gasteiger partial charge on any atom is -0.396 e. The molecule has 9 heteroatoms. The zero-order valence-electron chi connectivity index (χ0n) is 11.5. The fraction of sp³-hybridized carbons (Fsp3) is 0.455. The molecule has 0 spiro atoms. The van der Waals surface area contributed by atoms with E-state index < -0.39 is 24.6 Å². The minimum atomic E-state index is -3.92. The van der Waals surface area contributed by atoms with Crippen LogP contribution >= 0.6 is 0 Å². The lowest BCUT2D eigenvalue weighted by Gasteiger charge is -2.24. The summed E-state index contributed by atoms with van der Waals surface area (Å²) in [7, 11) is -7.19. The van der Waals surface area contributed by atoms with Crippen LogP contribution < -0.4 is 16.2 Å². The fourth-order valence-electron chi connectivity index (χ4n) is 1.39. The average molecular weight is 321 g/mol. The summed E-state index contributed by atoms with van der Waals surface area (Å²) in [5.41, 5.74) is 6.04. The molecule has 0 amide bonds. The Bertz CT molecular complexity index is 709. The van der Waals surface area contributed by atoms with Gasteiger partial charge in [0.15, 0.2) is 9.84 Å².